The summed E-state index contributed by atoms with van der Waals surface area (Å²) >= 11 is 11.1. The molecule has 2 aromatic carbocycles. The number of aliphatic hydroxyl groups is 1. The van der Waals surface area contributed by atoms with Crippen LogP contribution in [-0.4, -0.2) is 21.7 Å². The fraction of sp³-hybridized carbons (Fsp3) is 0.176. The van der Waals surface area contributed by atoms with Gasteiger partial charge >= 0.3 is 0 Å². The number of carbonyl (C=O) groups is 1. The van der Waals surface area contributed by atoms with Crippen LogP contribution in [0.1, 0.15) is 18.6 Å². The maximum Gasteiger partial charge on any atom is 0.261 e. The molecule has 2 aromatic rings. The number of hydrogen-bond donors (Lipinski definition) is 2. The molecule has 0 bridgehead atoms. The molecule has 1 aliphatic rings. The first kappa shape index (κ1) is 16.8. The van der Waals surface area contributed by atoms with Gasteiger partial charge in [0.1, 0.15) is 17.5 Å². The fourth-order valence-electron chi connectivity index (χ4n) is 2.64. The Bertz CT molecular complexity index is 797. The van der Waals surface area contributed by atoms with Gasteiger partial charge in [0.15, 0.2) is 5.11 Å². The Hall–Kier alpha value is -2.02. The average molecular weight is 365 g/mol. The first-order valence-corrected chi connectivity index (χ1v) is 7.97. The van der Waals surface area contributed by atoms with Gasteiger partial charge < -0.3 is 10.4 Å². The molecule has 0 spiro atoms. The highest BCUT2D eigenvalue weighted by Gasteiger charge is 2.51. The van der Waals surface area contributed by atoms with Crippen molar-refractivity contribution in [2.24, 2.45) is 0 Å². The number of carbonyl (C=O) groups excluding carboxylic acids is 1. The molecule has 124 valence electrons. The molecule has 0 saturated carbocycles. The van der Waals surface area contributed by atoms with Crippen LogP contribution in [-0.2, 0) is 4.79 Å². The number of halogens is 2. The molecule has 1 heterocycles. The van der Waals surface area contributed by atoms with E-state index in [2.05, 4.69) is 5.32 Å². The third kappa shape index (κ3) is 2.77. The van der Waals surface area contributed by atoms with Gasteiger partial charge in [-0.15, -0.1) is 0 Å². The second kappa shape index (κ2) is 6.12. The van der Waals surface area contributed by atoms with E-state index in [1.54, 1.807) is 31.2 Å². The van der Waals surface area contributed by atoms with E-state index in [-0.39, 0.29) is 5.11 Å². The van der Waals surface area contributed by atoms with Gasteiger partial charge in [-0.2, -0.15) is 0 Å². The van der Waals surface area contributed by atoms with Gasteiger partial charge in [0.05, 0.1) is 5.69 Å². The number of nitrogens with one attached hydrogen (secondary N) is 1. The van der Waals surface area contributed by atoms with Crippen LogP contribution in [0.5, 0.6) is 0 Å². The summed E-state index contributed by atoms with van der Waals surface area (Å²) in [6.45, 7) is 1.56. The Morgan fingerprint density at radius 2 is 1.79 bits per heavy atom. The molecule has 2 atom stereocenters. The molecule has 1 amide bonds. The largest absolute Gasteiger partial charge is 0.385 e. The second-order valence-corrected chi connectivity index (χ2v) is 6.53. The molecule has 1 fully saturated rings. The van der Waals surface area contributed by atoms with Crippen molar-refractivity contribution in [3.05, 3.63) is 64.9 Å². The van der Waals surface area contributed by atoms with E-state index in [1.165, 1.54) is 29.2 Å². The number of thiocarbonyl (C=S) groups is 1. The summed E-state index contributed by atoms with van der Waals surface area (Å²) < 4.78 is 13.1. The van der Waals surface area contributed by atoms with E-state index in [0.717, 1.165) is 0 Å². The van der Waals surface area contributed by atoms with E-state index in [4.69, 9.17) is 23.8 Å². The van der Waals surface area contributed by atoms with Crippen LogP contribution >= 0.6 is 23.8 Å². The lowest BCUT2D eigenvalue weighted by Gasteiger charge is -2.28. The minimum absolute atomic E-state index is 0.186. The number of benzene rings is 2. The van der Waals surface area contributed by atoms with Crippen molar-refractivity contribution in [3.63, 3.8) is 0 Å². The van der Waals surface area contributed by atoms with Crippen molar-refractivity contribution in [1.29, 1.82) is 0 Å². The monoisotopic (exact) mass is 364 g/mol. The molecule has 1 aliphatic heterocycles. The Kier molecular flexibility index (Phi) is 4.29. The van der Waals surface area contributed by atoms with Gasteiger partial charge in [-0.05, 0) is 61.1 Å². The van der Waals surface area contributed by atoms with Crippen LogP contribution in [0.25, 0.3) is 0 Å². The summed E-state index contributed by atoms with van der Waals surface area (Å²) in [5.74, 6) is -0.813. The predicted octanol–water partition coefficient (Wildman–Crippen LogP) is 3.19. The van der Waals surface area contributed by atoms with Crippen LogP contribution in [0.3, 0.4) is 0 Å². The lowest BCUT2D eigenvalue weighted by Crippen LogP contribution is -2.49. The third-order valence-electron chi connectivity index (χ3n) is 4.03. The molecular formula is C17H14ClFN2O2S. The lowest BCUT2D eigenvalue weighted by atomic mass is 9.89. The Labute approximate surface area is 148 Å². The van der Waals surface area contributed by atoms with E-state index in [0.29, 0.717) is 16.3 Å². The summed E-state index contributed by atoms with van der Waals surface area (Å²) in [6.07, 6.45) is -1.19. The van der Waals surface area contributed by atoms with Crippen LogP contribution in [0, 0.1) is 5.82 Å². The van der Waals surface area contributed by atoms with Crippen molar-refractivity contribution in [3.8, 4) is 0 Å². The first-order valence-electron chi connectivity index (χ1n) is 7.19. The third-order valence-corrected chi connectivity index (χ3v) is 4.57. The maximum atomic E-state index is 13.1. The van der Waals surface area contributed by atoms with Crippen LogP contribution in [0.2, 0.25) is 5.02 Å². The normalized spacial score (nSPS) is 21.8. The predicted molar refractivity (Wildman–Crippen MR) is 94.4 cm³/mol. The summed E-state index contributed by atoms with van der Waals surface area (Å²) in [7, 11) is 0. The highest BCUT2D eigenvalue weighted by molar-refractivity contribution is 7.80. The summed E-state index contributed by atoms with van der Waals surface area (Å²) in [5.41, 5.74) is -0.383. The fourth-order valence-corrected chi connectivity index (χ4v) is 3.17. The van der Waals surface area contributed by atoms with Crippen LogP contribution in [0.4, 0.5) is 10.1 Å². The Balaban J connectivity index is 1.94. The number of amides is 1. The van der Waals surface area contributed by atoms with E-state index in [1.807, 2.05) is 0 Å². The molecule has 4 nitrogen and oxygen atoms in total. The number of anilines is 1. The molecule has 3 rings (SSSR count). The minimum Gasteiger partial charge on any atom is -0.385 e. The van der Waals surface area contributed by atoms with Gasteiger partial charge in [-0.3, -0.25) is 9.69 Å². The van der Waals surface area contributed by atoms with E-state index in [9.17, 15) is 14.3 Å². The zero-order valence-electron chi connectivity index (χ0n) is 12.7. The zero-order valence-corrected chi connectivity index (χ0v) is 14.2. The van der Waals surface area contributed by atoms with Crippen LogP contribution in [0.15, 0.2) is 48.5 Å². The molecular weight excluding hydrogens is 351 g/mol. The smallest absolute Gasteiger partial charge is 0.261 e. The molecule has 0 radical (unpaired) electrons. The van der Waals surface area contributed by atoms with Gasteiger partial charge in [-0.25, -0.2) is 4.39 Å². The number of rotatable bonds is 3. The van der Waals surface area contributed by atoms with E-state index < -0.39 is 23.4 Å². The highest BCUT2D eigenvalue weighted by atomic mass is 35.5. The average Bonchev–Trinajstić information content (AvgIpc) is 2.79. The number of nitrogens with zero attached hydrogens (tertiary/aromatic N) is 1. The summed E-state index contributed by atoms with van der Waals surface area (Å²) in [4.78, 5) is 14.2. The minimum atomic E-state index is -1.35. The topological polar surface area (TPSA) is 52.6 Å². The van der Waals surface area contributed by atoms with E-state index >= 15 is 0 Å². The SMILES string of the molecule is C[C@]1([C@H](O)c2ccc(F)cc2)NC(=S)N(c2ccc(Cl)cc2)C1=O. The van der Waals surface area contributed by atoms with Gasteiger partial charge in [0.25, 0.3) is 5.91 Å². The first-order chi connectivity index (χ1) is 11.3. The number of aliphatic hydroxyl groups excluding tert-OH is 1. The summed E-state index contributed by atoms with van der Waals surface area (Å²) in [5, 5.41) is 14.3. The van der Waals surface area contributed by atoms with Crippen LogP contribution < -0.4 is 10.2 Å². The van der Waals surface area contributed by atoms with Gasteiger partial charge in [0, 0.05) is 5.02 Å². The van der Waals surface area contributed by atoms with Gasteiger partial charge in [0.2, 0.25) is 0 Å². The van der Waals surface area contributed by atoms with Crippen molar-refractivity contribution in [1.82, 2.24) is 5.32 Å². The van der Waals surface area contributed by atoms with Gasteiger partial charge in [-0.1, -0.05) is 23.7 Å². The molecule has 2 N–H and O–H groups in total. The quantitative estimate of drug-likeness (QED) is 0.821. The lowest BCUT2D eigenvalue weighted by molar-refractivity contribution is -0.125. The summed E-state index contributed by atoms with van der Waals surface area (Å²) in [6, 6.07) is 12.0. The molecule has 7 heteroatoms. The highest BCUT2D eigenvalue weighted by Crippen LogP contribution is 2.34. The number of hydrogen-bond acceptors (Lipinski definition) is 3. The van der Waals surface area contributed by atoms with Crippen molar-refractivity contribution >= 4 is 40.5 Å². The standard InChI is InChI=1S/C17H14ClFN2O2S/c1-17(14(22)10-2-6-12(19)7-3-10)15(23)21(16(24)20-17)13-8-4-11(18)5-9-13/h2-9,14,22H,1H3,(H,20,24)/t14-,17-/m1/s1. The molecule has 24 heavy (non-hydrogen) atoms. The second-order valence-electron chi connectivity index (χ2n) is 5.70. The molecule has 0 unspecified atom stereocenters. The molecule has 0 aliphatic carbocycles. The van der Waals surface area contributed by atoms with Crippen molar-refractivity contribution in [2.45, 2.75) is 18.6 Å². The maximum absolute atomic E-state index is 13.1. The Morgan fingerprint density at radius 3 is 2.38 bits per heavy atom. The van der Waals surface area contributed by atoms with Crippen molar-refractivity contribution in [2.75, 3.05) is 4.90 Å². The van der Waals surface area contributed by atoms with Crippen molar-refractivity contribution < 1.29 is 14.3 Å². The Morgan fingerprint density at radius 1 is 1.21 bits per heavy atom. The molecule has 0 aromatic heterocycles. The molecule has 1 saturated heterocycles. The zero-order chi connectivity index (χ0) is 17.5.